The van der Waals surface area contributed by atoms with Crippen LogP contribution < -0.4 is 15.4 Å². The topological polar surface area (TPSA) is 153 Å². The molecule has 10 nitrogen and oxygen atoms in total. The lowest BCUT2D eigenvalue weighted by Gasteiger charge is -2.15. The monoisotopic (exact) mass is 401 g/mol. The van der Waals surface area contributed by atoms with Crippen LogP contribution in [0.2, 0.25) is 0 Å². The molecule has 0 fully saturated rings. The number of nitrogens with zero attached hydrogens (tertiary/aromatic N) is 4. The minimum absolute atomic E-state index is 0.0979. The van der Waals surface area contributed by atoms with Crippen molar-refractivity contribution in [3.8, 4) is 40.0 Å². The first-order valence-electron chi connectivity index (χ1n) is 8.54. The molecular formula is C20H11N5O5. The smallest absolute Gasteiger partial charge is 0.427 e. The Morgan fingerprint density at radius 2 is 1.77 bits per heavy atom. The van der Waals surface area contributed by atoms with Gasteiger partial charge in [-0.15, -0.1) is 0 Å². The third-order valence-electron chi connectivity index (χ3n) is 4.41. The van der Waals surface area contributed by atoms with Crippen molar-refractivity contribution >= 4 is 5.69 Å². The number of benzene rings is 2. The SMILES string of the molecule is N#Cc1c(-c2ccc([N+](=O)[O-])cc2)cc(-c2ccc(-[n+]3cc(=O)o[nH]3)cc2)nc1[O-]. The number of nitriles is 1. The van der Waals surface area contributed by atoms with Crippen LogP contribution in [0.25, 0.3) is 28.1 Å². The molecule has 0 aliphatic heterocycles. The van der Waals surface area contributed by atoms with Gasteiger partial charge in [0.2, 0.25) is 5.69 Å². The third-order valence-corrected chi connectivity index (χ3v) is 4.41. The molecule has 30 heavy (non-hydrogen) atoms. The molecule has 4 aromatic rings. The van der Waals surface area contributed by atoms with Crippen molar-refractivity contribution in [1.82, 2.24) is 10.3 Å². The van der Waals surface area contributed by atoms with Crippen LogP contribution in [0.5, 0.6) is 5.88 Å². The van der Waals surface area contributed by atoms with Crippen molar-refractivity contribution in [2.75, 3.05) is 0 Å². The van der Waals surface area contributed by atoms with Gasteiger partial charge in [-0.05, 0) is 45.8 Å². The van der Waals surface area contributed by atoms with Gasteiger partial charge in [0, 0.05) is 41.3 Å². The Bertz CT molecular complexity index is 1350. The number of hydrogen-bond donors (Lipinski definition) is 1. The predicted octanol–water partition coefficient (Wildman–Crippen LogP) is 1.83. The van der Waals surface area contributed by atoms with Crippen molar-refractivity contribution in [3.05, 3.63) is 86.9 Å². The number of nitro benzene ring substituents is 1. The zero-order valence-corrected chi connectivity index (χ0v) is 15.1. The molecule has 0 aliphatic rings. The number of pyridine rings is 1. The summed E-state index contributed by atoms with van der Waals surface area (Å²) in [7, 11) is 0. The molecule has 4 rings (SSSR count). The summed E-state index contributed by atoms with van der Waals surface area (Å²) in [6.45, 7) is 0. The number of aromatic nitrogens is 3. The van der Waals surface area contributed by atoms with Gasteiger partial charge in [0.25, 0.3) is 11.9 Å². The first-order chi connectivity index (χ1) is 14.5. The quantitative estimate of drug-likeness (QED) is 0.311. The summed E-state index contributed by atoms with van der Waals surface area (Å²) >= 11 is 0. The molecular weight excluding hydrogens is 390 g/mol. The highest BCUT2D eigenvalue weighted by atomic mass is 16.6. The lowest BCUT2D eigenvalue weighted by Crippen LogP contribution is -2.31. The van der Waals surface area contributed by atoms with E-state index >= 15 is 0 Å². The molecule has 10 heteroatoms. The summed E-state index contributed by atoms with van der Waals surface area (Å²) in [5.41, 5.74) is 1.61. The predicted molar refractivity (Wildman–Crippen MR) is 100 cm³/mol. The van der Waals surface area contributed by atoms with E-state index in [9.17, 15) is 25.3 Å². The fourth-order valence-corrected chi connectivity index (χ4v) is 2.94. The summed E-state index contributed by atoms with van der Waals surface area (Å²) in [6, 6.07) is 15.8. The zero-order valence-electron chi connectivity index (χ0n) is 15.1. The van der Waals surface area contributed by atoms with Gasteiger partial charge in [-0.2, -0.15) is 5.26 Å². The van der Waals surface area contributed by atoms with E-state index in [1.165, 1.54) is 35.1 Å². The second kappa shape index (κ2) is 7.33. The molecule has 0 aliphatic carbocycles. The maximum atomic E-state index is 12.4. The highest BCUT2D eigenvalue weighted by Gasteiger charge is 2.14. The number of aromatic amines is 1. The van der Waals surface area contributed by atoms with Crippen molar-refractivity contribution in [1.29, 1.82) is 5.26 Å². The second-order valence-electron chi connectivity index (χ2n) is 6.21. The van der Waals surface area contributed by atoms with Crippen LogP contribution in [0.15, 0.2) is 70.1 Å². The Labute approximate surface area is 168 Å². The summed E-state index contributed by atoms with van der Waals surface area (Å²) in [5, 5.41) is 35.1. The van der Waals surface area contributed by atoms with Gasteiger partial charge < -0.3 is 5.11 Å². The maximum absolute atomic E-state index is 12.4. The van der Waals surface area contributed by atoms with Gasteiger partial charge in [-0.1, -0.05) is 0 Å². The number of non-ortho nitro benzene ring substituents is 1. The lowest BCUT2D eigenvalue weighted by atomic mass is 9.98. The van der Waals surface area contributed by atoms with Crippen molar-refractivity contribution in [2.24, 2.45) is 0 Å². The van der Waals surface area contributed by atoms with E-state index in [0.717, 1.165) is 0 Å². The Morgan fingerprint density at radius 1 is 1.10 bits per heavy atom. The van der Waals surface area contributed by atoms with Gasteiger partial charge in [-0.25, -0.2) is 4.79 Å². The van der Waals surface area contributed by atoms with Crippen LogP contribution >= 0.6 is 0 Å². The van der Waals surface area contributed by atoms with Crippen LogP contribution in [-0.4, -0.2) is 15.2 Å². The lowest BCUT2D eigenvalue weighted by molar-refractivity contribution is -0.670. The van der Waals surface area contributed by atoms with Gasteiger partial charge in [0.05, 0.1) is 16.2 Å². The molecule has 0 radical (unpaired) electrons. The molecule has 0 amide bonds. The molecule has 0 bridgehead atoms. The Morgan fingerprint density at radius 3 is 2.33 bits per heavy atom. The van der Waals surface area contributed by atoms with Gasteiger partial charge >= 0.3 is 5.63 Å². The fraction of sp³-hybridized carbons (Fsp3) is 0. The summed E-state index contributed by atoms with van der Waals surface area (Å²) < 4.78 is 6.01. The van der Waals surface area contributed by atoms with Crippen LogP contribution in [0, 0.1) is 21.4 Å². The van der Waals surface area contributed by atoms with Crippen molar-refractivity contribution in [3.63, 3.8) is 0 Å². The van der Waals surface area contributed by atoms with Crippen LogP contribution in [0.1, 0.15) is 5.56 Å². The Kier molecular flexibility index (Phi) is 4.54. The normalized spacial score (nSPS) is 10.5. The summed E-state index contributed by atoms with van der Waals surface area (Å²) in [6.07, 6.45) is 1.23. The zero-order chi connectivity index (χ0) is 21.3. The summed E-state index contributed by atoms with van der Waals surface area (Å²) in [4.78, 5) is 25.5. The third kappa shape index (κ3) is 3.38. The molecule has 0 saturated heterocycles. The first-order valence-corrected chi connectivity index (χ1v) is 8.54. The largest absolute Gasteiger partial charge is 0.858 e. The van der Waals surface area contributed by atoms with E-state index in [2.05, 4.69) is 14.8 Å². The summed E-state index contributed by atoms with van der Waals surface area (Å²) in [5.74, 6) is -0.694. The van der Waals surface area contributed by atoms with E-state index in [1.54, 1.807) is 30.3 Å². The molecule has 146 valence electrons. The number of rotatable bonds is 4. The van der Waals surface area contributed by atoms with Gasteiger partial charge in [0.1, 0.15) is 6.07 Å². The van der Waals surface area contributed by atoms with E-state index < -0.39 is 16.4 Å². The highest BCUT2D eigenvalue weighted by molar-refractivity contribution is 5.78. The molecule has 2 heterocycles. The van der Waals surface area contributed by atoms with Gasteiger partial charge in [0.15, 0.2) is 0 Å². The molecule has 2 aromatic carbocycles. The van der Waals surface area contributed by atoms with Crippen LogP contribution in [0.4, 0.5) is 5.69 Å². The maximum Gasteiger partial charge on any atom is 0.427 e. The highest BCUT2D eigenvalue weighted by Crippen LogP contribution is 2.32. The minimum Gasteiger partial charge on any atom is -0.858 e. The van der Waals surface area contributed by atoms with E-state index in [4.69, 9.17) is 0 Å². The molecule has 1 N–H and O–H groups in total. The Hall–Kier alpha value is -4.78. The van der Waals surface area contributed by atoms with Crippen LogP contribution in [-0.2, 0) is 0 Å². The van der Waals surface area contributed by atoms with Gasteiger partial charge in [-0.3, -0.25) is 19.6 Å². The number of hydrogen-bond acceptors (Lipinski definition) is 7. The first kappa shape index (κ1) is 18.6. The van der Waals surface area contributed by atoms with Crippen molar-refractivity contribution in [2.45, 2.75) is 0 Å². The molecule has 2 aromatic heterocycles. The van der Waals surface area contributed by atoms with E-state index in [1.807, 2.05) is 6.07 Å². The van der Waals surface area contributed by atoms with Crippen LogP contribution in [0.3, 0.4) is 0 Å². The number of nitrogens with one attached hydrogen (secondary N) is 1. The fourth-order valence-electron chi connectivity index (χ4n) is 2.94. The molecule has 0 unspecified atom stereocenters. The second-order valence-corrected chi connectivity index (χ2v) is 6.21. The molecule has 0 saturated carbocycles. The molecule has 0 spiro atoms. The Balaban J connectivity index is 1.77. The average Bonchev–Trinajstić information content (AvgIpc) is 3.19. The van der Waals surface area contributed by atoms with Crippen molar-refractivity contribution < 1.29 is 19.2 Å². The molecule has 0 atom stereocenters. The number of nitro groups is 1. The van der Waals surface area contributed by atoms with E-state index in [-0.39, 0.29) is 11.3 Å². The average molecular weight is 401 g/mol. The standard InChI is InChI=1S/C20H11N5O5/c21-10-17-16(12-1-7-15(8-2-12)25(28)29)9-18(22-20(17)27)13-3-5-14(6-4-13)24-11-19(26)30-23-24/h1-9,11H,(H-,22,23,26,27). The minimum atomic E-state index is -0.694. The number of H-pyrrole nitrogens is 1. The van der Waals surface area contributed by atoms with E-state index in [0.29, 0.717) is 28.1 Å².